The molecule has 0 radical (unpaired) electrons. The minimum absolute atomic E-state index is 0.152. The molecule has 0 aliphatic heterocycles. The van der Waals surface area contributed by atoms with Crippen molar-refractivity contribution in [3.8, 4) is 11.5 Å². The highest BCUT2D eigenvalue weighted by atomic mass is 28.3. The molecule has 0 heterocycles. The average molecular weight is 638 g/mol. The Morgan fingerprint density at radius 3 is 2.11 bits per heavy atom. The predicted octanol–water partition coefficient (Wildman–Crippen LogP) is 6.71. The molecule has 0 aliphatic rings. The predicted molar refractivity (Wildman–Crippen MR) is 177 cm³/mol. The zero-order chi connectivity index (χ0) is 33.9. The largest absolute Gasteiger partial charge is 0.493 e. The molecule has 0 aliphatic carbocycles. The molecule has 0 saturated heterocycles. The molecule has 9 nitrogen and oxygen atoms in total. The summed E-state index contributed by atoms with van der Waals surface area (Å²) < 4.78 is 29.7. The number of benzene rings is 1. The normalized spacial score (nSPS) is 16.5. The van der Waals surface area contributed by atoms with E-state index in [-0.39, 0.29) is 11.8 Å². The van der Waals surface area contributed by atoms with Crippen LogP contribution >= 0.6 is 0 Å². The number of hydrogen-bond donors (Lipinski definition) is 1. The highest BCUT2D eigenvalue weighted by Crippen LogP contribution is 2.44. The molecule has 0 saturated carbocycles. The average Bonchev–Trinajstić information content (AvgIpc) is 2.88. The smallest absolute Gasteiger partial charge is 0.336 e. The van der Waals surface area contributed by atoms with Crippen LogP contribution in [0.25, 0.3) is 0 Å². The van der Waals surface area contributed by atoms with Crippen molar-refractivity contribution in [3.05, 3.63) is 23.8 Å². The lowest BCUT2D eigenvalue weighted by molar-refractivity contribution is -0.166. The Balaban J connectivity index is 3.66. The zero-order valence-corrected chi connectivity index (χ0v) is 30.6. The third-order valence-electron chi connectivity index (χ3n) is 7.86. The van der Waals surface area contributed by atoms with E-state index in [1.807, 2.05) is 66.8 Å². The van der Waals surface area contributed by atoms with Gasteiger partial charge in [0.25, 0.3) is 0 Å². The summed E-state index contributed by atoms with van der Waals surface area (Å²) in [6.07, 6.45) is 3.37. The molecule has 0 aromatic heterocycles. The Labute approximate surface area is 267 Å². The van der Waals surface area contributed by atoms with Gasteiger partial charge in [-0.25, -0.2) is 9.59 Å². The third-order valence-corrected chi connectivity index (χ3v) is 8.82. The van der Waals surface area contributed by atoms with Gasteiger partial charge in [-0.1, -0.05) is 40.7 Å². The summed E-state index contributed by atoms with van der Waals surface area (Å²) in [5.41, 5.74) is -1.65. The van der Waals surface area contributed by atoms with Gasteiger partial charge in [0, 0.05) is 26.1 Å². The number of isocyanates is 1. The second kappa shape index (κ2) is 17.5. The Hall–Kier alpha value is -2.23. The summed E-state index contributed by atoms with van der Waals surface area (Å²) in [6, 6.07) is 5.00. The number of aliphatic imine (C=N–C) groups is 1. The minimum atomic E-state index is -1.86. The second-order valence-electron chi connectivity index (χ2n) is 14.5. The van der Waals surface area contributed by atoms with Crippen LogP contribution in [0.4, 0.5) is 0 Å². The van der Waals surface area contributed by atoms with E-state index in [1.54, 1.807) is 20.3 Å². The fourth-order valence-corrected chi connectivity index (χ4v) is 7.05. The number of hydrogen-bond acceptors (Lipinski definition) is 8. The molecule has 252 valence electrons. The van der Waals surface area contributed by atoms with Crippen molar-refractivity contribution < 1.29 is 38.1 Å². The monoisotopic (exact) mass is 637 g/mol. The van der Waals surface area contributed by atoms with Crippen LogP contribution in [-0.4, -0.2) is 77.0 Å². The van der Waals surface area contributed by atoms with Crippen LogP contribution < -0.4 is 9.47 Å². The molecule has 10 heteroatoms. The van der Waals surface area contributed by atoms with Gasteiger partial charge in [0.1, 0.15) is 6.04 Å². The molecule has 1 aromatic carbocycles. The molecule has 0 bridgehead atoms. The van der Waals surface area contributed by atoms with Crippen LogP contribution in [0.1, 0.15) is 80.7 Å². The molecule has 44 heavy (non-hydrogen) atoms. The number of carbonyl (C=O) groups is 1. The summed E-state index contributed by atoms with van der Waals surface area (Å²) in [6.45, 7) is 23.0. The van der Waals surface area contributed by atoms with Crippen LogP contribution in [0, 0.1) is 23.2 Å². The summed E-state index contributed by atoms with van der Waals surface area (Å²) in [7, 11) is 1.44. The lowest BCUT2D eigenvalue weighted by atomic mass is 9.66. The van der Waals surface area contributed by atoms with Crippen LogP contribution in [-0.2, 0) is 29.9 Å². The highest BCUT2D eigenvalue weighted by Gasteiger charge is 2.53. The van der Waals surface area contributed by atoms with E-state index in [0.29, 0.717) is 31.1 Å². The Morgan fingerprint density at radius 2 is 1.66 bits per heavy atom. The lowest BCUT2D eigenvalue weighted by Gasteiger charge is -2.48. The Bertz CT molecular complexity index is 1070. The summed E-state index contributed by atoms with van der Waals surface area (Å²) >= 11 is 0. The summed E-state index contributed by atoms with van der Waals surface area (Å²) in [4.78, 5) is 28.9. The zero-order valence-electron chi connectivity index (χ0n) is 29.5. The molecule has 1 unspecified atom stereocenters. The van der Waals surface area contributed by atoms with E-state index in [4.69, 9.17) is 23.4 Å². The quantitative estimate of drug-likeness (QED) is 0.0771. The topological polar surface area (TPSA) is 113 Å². The third kappa shape index (κ3) is 12.3. The van der Waals surface area contributed by atoms with Gasteiger partial charge < -0.3 is 28.5 Å². The lowest BCUT2D eigenvalue weighted by Crippen LogP contribution is -2.59. The van der Waals surface area contributed by atoms with Crippen LogP contribution in [0.3, 0.4) is 0 Å². The van der Waals surface area contributed by atoms with E-state index in [2.05, 4.69) is 24.9 Å². The molecule has 1 N–H and O–H groups in total. The van der Waals surface area contributed by atoms with Crippen LogP contribution in [0.5, 0.6) is 11.5 Å². The van der Waals surface area contributed by atoms with Gasteiger partial charge in [0.2, 0.25) is 6.08 Å². The van der Waals surface area contributed by atoms with E-state index in [0.717, 1.165) is 18.4 Å². The summed E-state index contributed by atoms with van der Waals surface area (Å²) in [5, 5.41) is 10.5. The summed E-state index contributed by atoms with van der Waals surface area (Å²) in [5.74, 6) is 0.154. The molecule has 0 spiro atoms. The first-order valence-corrected chi connectivity index (χ1v) is 18.5. The molecular formula is C34H59NO8Si. The molecule has 0 amide bonds. The van der Waals surface area contributed by atoms with Crippen molar-refractivity contribution in [1.29, 1.82) is 0 Å². The van der Waals surface area contributed by atoms with Crippen molar-refractivity contribution >= 4 is 21.1 Å². The maximum absolute atomic E-state index is 12.8. The fraction of sp³-hybridized carbons (Fsp3) is 0.765. The first-order chi connectivity index (χ1) is 20.3. The van der Waals surface area contributed by atoms with E-state index < -0.39 is 49.7 Å². The van der Waals surface area contributed by atoms with E-state index >= 15 is 0 Å². The molecule has 5 atom stereocenters. The standard InChI is InChI=1S/C34H59NO8Si/c1-23(2)25(19-24-15-16-26(40-11)27(20-24)41-18-14-17-39-10)21-28(42-33(6,7)8)29(32(3,4)5)30(35-22-36)34(9,31(37)38)43-44(12)13/h15-16,20,23,25,28-30,44H,14,17-19,21H2,1-13H3,(H,37,38)/t25-,28-,29+,30?,34+/m0/s1. The van der Waals surface area contributed by atoms with Crippen molar-refractivity contribution in [3.63, 3.8) is 0 Å². The number of carboxylic acids is 1. The second-order valence-corrected chi connectivity index (χ2v) is 16.9. The van der Waals surface area contributed by atoms with Crippen LogP contribution in [0.15, 0.2) is 23.2 Å². The molecule has 0 fully saturated rings. The first kappa shape index (κ1) is 39.8. The highest BCUT2D eigenvalue weighted by molar-refractivity contribution is 6.48. The maximum atomic E-state index is 12.8. The van der Waals surface area contributed by atoms with Crippen LogP contribution in [0.2, 0.25) is 13.1 Å². The van der Waals surface area contributed by atoms with Crippen molar-refractivity contribution in [2.45, 2.75) is 118 Å². The number of methoxy groups -OCH3 is 2. The van der Waals surface area contributed by atoms with Gasteiger partial charge in [0.05, 0.1) is 25.4 Å². The van der Waals surface area contributed by atoms with Gasteiger partial charge in [0.15, 0.2) is 26.1 Å². The van der Waals surface area contributed by atoms with Crippen molar-refractivity contribution in [2.24, 2.45) is 28.2 Å². The van der Waals surface area contributed by atoms with Gasteiger partial charge >= 0.3 is 5.97 Å². The fourth-order valence-electron chi connectivity index (χ4n) is 5.83. The van der Waals surface area contributed by atoms with Crippen molar-refractivity contribution in [1.82, 2.24) is 0 Å². The van der Waals surface area contributed by atoms with Gasteiger partial charge in [-0.2, -0.15) is 4.99 Å². The van der Waals surface area contributed by atoms with E-state index in [1.165, 1.54) is 6.92 Å². The van der Waals surface area contributed by atoms with Gasteiger partial charge in [-0.15, -0.1) is 0 Å². The Morgan fingerprint density at radius 1 is 1.02 bits per heavy atom. The number of carboxylic acid groups (broad SMARTS) is 1. The molecule has 1 aromatic rings. The molecule has 1 rings (SSSR count). The first-order valence-electron chi connectivity index (χ1n) is 15.7. The minimum Gasteiger partial charge on any atom is -0.493 e. The maximum Gasteiger partial charge on any atom is 0.336 e. The van der Waals surface area contributed by atoms with Gasteiger partial charge in [-0.3, -0.25) is 0 Å². The van der Waals surface area contributed by atoms with Gasteiger partial charge in [-0.05, 0) is 88.6 Å². The van der Waals surface area contributed by atoms with Crippen molar-refractivity contribution in [2.75, 3.05) is 27.4 Å². The number of ether oxygens (including phenoxy) is 4. The number of rotatable bonds is 19. The number of nitrogens with zero attached hydrogens (tertiary/aromatic N) is 1. The number of aliphatic carboxylic acids is 1. The van der Waals surface area contributed by atoms with E-state index in [9.17, 15) is 14.7 Å². The Kier molecular flexibility index (Phi) is 15.8. The number of carbonyl (C=O) groups excluding carboxylic acids is 1. The SMILES string of the molecule is COCCCOc1cc(C[C@@H](C[C@H](OC(C)(C)C)[C@H](C(N=C=O)[C@@](C)(O[SiH](C)C)C(=O)O)C(C)(C)C)C(C)C)ccc1OC. The molecular weight excluding hydrogens is 578 g/mol.